The molecule has 0 aliphatic heterocycles. The molecule has 206 valence electrons. The van der Waals surface area contributed by atoms with Crippen molar-refractivity contribution in [2.45, 2.75) is 12.8 Å². The van der Waals surface area contributed by atoms with Gasteiger partial charge in [-0.15, -0.1) is 34.0 Å². The minimum absolute atomic E-state index is 0.0413. The van der Waals surface area contributed by atoms with E-state index in [1.54, 1.807) is 36.4 Å². The number of carboxylic acids is 2. The van der Waals surface area contributed by atoms with Crippen LogP contribution in [0, 0.1) is 20.2 Å². The predicted octanol–water partition coefficient (Wildman–Crippen LogP) is 7.61. The number of carboxylic acid groups (broad SMARTS) is 2. The van der Waals surface area contributed by atoms with Crippen molar-refractivity contribution in [3.8, 4) is 40.4 Å². The van der Waals surface area contributed by atoms with E-state index in [1.165, 1.54) is 58.3 Å². The lowest BCUT2D eigenvalue weighted by molar-refractivity contribution is -0.385. The lowest BCUT2D eigenvalue weighted by Crippen LogP contribution is -1.99. The van der Waals surface area contributed by atoms with Crippen LogP contribution >= 0.6 is 34.0 Å². The first-order chi connectivity index (χ1) is 19.6. The molecule has 0 spiro atoms. The monoisotopic (exact) mass is 606 g/mol. The average molecular weight is 607 g/mol. The molecular formula is C28H18N2O8S3. The molecule has 0 aliphatic rings. The highest BCUT2D eigenvalue weighted by Crippen LogP contribution is 2.46. The second kappa shape index (κ2) is 11.4. The molecule has 0 aliphatic carbocycles. The molecule has 0 radical (unpaired) electrons. The molecule has 5 aromatic rings. The molecule has 0 saturated carbocycles. The minimum atomic E-state index is -0.995. The van der Waals surface area contributed by atoms with Crippen LogP contribution in [0.2, 0.25) is 0 Å². The van der Waals surface area contributed by atoms with Crippen LogP contribution in [0.4, 0.5) is 11.4 Å². The van der Waals surface area contributed by atoms with Crippen LogP contribution in [0.3, 0.4) is 0 Å². The molecule has 0 atom stereocenters. The molecule has 2 N–H and O–H groups in total. The maximum atomic E-state index is 11.6. The molecule has 3 heterocycles. The summed E-state index contributed by atoms with van der Waals surface area (Å²) >= 11 is 4.17. The second-order valence-electron chi connectivity index (χ2n) is 8.84. The maximum absolute atomic E-state index is 11.6. The van der Waals surface area contributed by atoms with Crippen LogP contribution < -0.4 is 0 Å². The van der Waals surface area contributed by atoms with Gasteiger partial charge in [-0.25, -0.2) is 0 Å². The van der Waals surface area contributed by atoms with Crippen LogP contribution in [-0.4, -0.2) is 32.0 Å². The first kappa shape index (κ1) is 27.8. The summed E-state index contributed by atoms with van der Waals surface area (Å²) < 4.78 is 0. The molecule has 41 heavy (non-hydrogen) atoms. The number of hydrogen-bond donors (Lipinski definition) is 2. The smallest absolute Gasteiger partial charge is 0.307 e. The van der Waals surface area contributed by atoms with E-state index in [1.807, 2.05) is 12.1 Å². The quantitative estimate of drug-likeness (QED) is 0.121. The fourth-order valence-corrected chi connectivity index (χ4v) is 7.89. The molecule has 0 unspecified atom stereocenters. The maximum Gasteiger partial charge on any atom is 0.307 e. The Bertz CT molecular complexity index is 1670. The zero-order valence-electron chi connectivity index (χ0n) is 20.8. The molecule has 13 heteroatoms. The van der Waals surface area contributed by atoms with Gasteiger partial charge in [0.15, 0.2) is 0 Å². The first-order valence-corrected chi connectivity index (χ1v) is 14.3. The van der Waals surface area contributed by atoms with Gasteiger partial charge in [-0.3, -0.25) is 29.8 Å². The van der Waals surface area contributed by atoms with Crippen molar-refractivity contribution in [1.82, 2.24) is 0 Å². The Balaban J connectivity index is 1.53. The topological polar surface area (TPSA) is 161 Å². The Morgan fingerprint density at radius 1 is 0.585 bits per heavy atom. The van der Waals surface area contributed by atoms with E-state index in [9.17, 15) is 40.0 Å². The highest BCUT2D eigenvalue weighted by molar-refractivity contribution is 7.28. The van der Waals surface area contributed by atoms with E-state index in [-0.39, 0.29) is 24.2 Å². The van der Waals surface area contributed by atoms with Gasteiger partial charge in [0.2, 0.25) is 0 Å². The Kier molecular flexibility index (Phi) is 7.75. The molecule has 0 amide bonds. The molecule has 0 saturated heterocycles. The standard InChI is InChI=1S/C28H18N2O8S3/c31-25(32)13-17-11-23(15-1-5-19(6-2-15)29(35)36)40-27(17)21-9-10-22(39-21)28-18(14-26(33)34)12-24(41-28)16-3-7-20(8-4-16)30(37)38/h1-12H,13-14H2,(H,31,32)(H,33,34). The Morgan fingerprint density at radius 2 is 0.951 bits per heavy atom. The van der Waals surface area contributed by atoms with Crippen LogP contribution in [0.25, 0.3) is 40.4 Å². The van der Waals surface area contributed by atoms with Crippen molar-refractivity contribution < 1.29 is 29.6 Å². The van der Waals surface area contributed by atoms with Gasteiger partial charge in [-0.2, -0.15) is 0 Å². The highest BCUT2D eigenvalue weighted by Gasteiger charge is 2.21. The third-order valence-electron chi connectivity index (χ3n) is 6.08. The Labute approximate surface area is 243 Å². The van der Waals surface area contributed by atoms with Gasteiger partial charge in [0, 0.05) is 53.5 Å². The fourth-order valence-electron chi connectivity index (χ4n) is 4.22. The molecule has 3 aromatic heterocycles. The summed E-state index contributed by atoms with van der Waals surface area (Å²) in [7, 11) is 0. The van der Waals surface area contributed by atoms with Gasteiger partial charge in [0.05, 0.1) is 22.7 Å². The van der Waals surface area contributed by atoms with Crippen LogP contribution in [0.15, 0.2) is 72.8 Å². The van der Waals surface area contributed by atoms with Gasteiger partial charge in [-0.1, -0.05) is 0 Å². The molecular weight excluding hydrogens is 589 g/mol. The number of carbonyl (C=O) groups is 2. The summed E-state index contributed by atoms with van der Waals surface area (Å²) in [5.74, 6) is -1.99. The van der Waals surface area contributed by atoms with Crippen molar-refractivity contribution in [3.63, 3.8) is 0 Å². The van der Waals surface area contributed by atoms with E-state index in [2.05, 4.69) is 0 Å². The van der Waals surface area contributed by atoms with E-state index in [0.29, 0.717) is 11.1 Å². The number of thiophene rings is 3. The van der Waals surface area contributed by atoms with Gasteiger partial charge < -0.3 is 10.2 Å². The normalized spacial score (nSPS) is 10.9. The summed E-state index contributed by atoms with van der Waals surface area (Å²) in [4.78, 5) is 49.0. The number of rotatable bonds is 10. The van der Waals surface area contributed by atoms with Gasteiger partial charge in [-0.05, 0) is 70.8 Å². The van der Waals surface area contributed by atoms with Crippen molar-refractivity contribution in [2.75, 3.05) is 0 Å². The Morgan fingerprint density at radius 3 is 1.27 bits per heavy atom. The first-order valence-electron chi connectivity index (χ1n) is 11.9. The third kappa shape index (κ3) is 6.06. The average Bonchev–Trinajstić information content (AvgIpc) is 3.67. The predicted molar refractivity (Wildman–Crippen MR) is 158 cm³/mol. The summed E-state index contributed by atoms with van der Waals surface area (Å²) in [6, 6.07) is 19.4. The number of non-ortho nitro benzene ring substituents is 2. The van der Waals surface area contributed by atoms with Crippen LogP contribution in [0.5, 0.6) is 0 Å². The molecule has 0 bridgehead atoms. The molecule has 0 fully saturated rings. The van der Waals surface area contributed by atoms with Crippen molar-refractivity contribution >= 4 is 57.3 Å². The van der Waals surface area contributed by atoms with Crippen LogP contribution in [0.1, 0.15) is 11.1 Å². The summed E-state index contributed by atoms with van der Waals surface area (Å²) in [6.07, 6.45) is -0.417. The highest BCUT2D eigenvalue weighted by atomic mass is 32.1. The summed E-state index contributed by atoms with van der Waals surface area (Å²) in [6.45, 7) is 0. The Hall–Kier alpha value is -4.72. The molecule has 10 nitrogen and oxygen atoms in total. The second-order valence-corrected chi connectivity index (χ2v) is 12.0. The fraction of sp³-hybridized carbons (Fsp3) is 0.0714. The van der Waals surface area contributed by atoms with Crippen molar-refractivity contribution in [1.29, 1.82) is 0 Å². The van der Waals surface area contributed by atoms with Crippen molar-refractivity contribution in [3.05, 3.63) is 104 Å². The zero-order chi connectivity index (χ0) is 29.3. The number of nitro groups is 2. The number of benzene rings is 2. The summed E-state index contributed by atoms with van der Waals surface area (Å²) in [5, 5.41) is 41.1. The van der Waals surface area contributed by atoms with Gasteiger partial charge in [0.1, 0.15) is 0 Å². The largest absolute Gasteiger partial charge is 0.481 e. The van der Waals surface area contributed by atoms with E-state index < -0.39 is 21.8 Å². The van der Waals surface area contributed by atoms with Crippen LogP contribution in [-0.2, 0) is 22.4 Å². The summed E-state index contributed by atoms with van der Waals surface area (Å²) in [5.41, 5.74) is 2.58. The lowest BCUT2D eigenvalue weighted by Gasteiger charge is -1.99. The number of hydrogen-bond acceptors (Lipinski definition) is 9. The lowest BCUT2D eigenvalue weighted by atomic mass is 10.1. The third-order valence-corrected chi connectivity index (χ3v) is 9.98. The van der Waals surface area contributed by atoms with E-state index >= 15 is 0 Å². The number of aliphatic carboxylic acids is 2. The molecule has 5 rings (SSSR count). The van der Waals surface area contributed by atoms with E-state index in [4.69, 9.17) is 0 Å². The van der Waals surface area contributed by atoms with Gasteiger partial charge in [0.25, 0.3) is 11.4 Å². The number of nitrogens with zero attached hydrogens (tertiary/aromatic N) is 2. The van der Waals surface area contributed by atoms with E-state index in [0.717, 1.165) is 40.4 Å². The molecule has 2 aromatic carbocycles. The SMILES string of the molecule is O=C(O)Cc1cc(-c2ccc([N+](=O)[O-])cc2)sc1-c1ccc(-c2sc(-c3ccc([N+](=O)[O-])cc3)cc2CC(=O)O)s1. The number of nitro benzene ring substituents is 2. The zero-order valence-corrected chi connectivity index (χ0v) is 23.3. The van der Waals surface area contributed by atoms with Crippen molar-refractivity contribution in [2.24, 2.45) is 0 Å². The minimum Gasteiger partial charge on any atom is -0.481 e. The van der Waals surface area contributed by atoms with Gasteiger partial charge >= 0.3 is 11.9 Å².